The van der Waals surface area contributed by atoms with E-state index >= 15 is 0 Å². The quantitative estimate of drug-likeness (QED) is 0.651. The number of halogens is 3. The van der Waals surface area contributed by atoms with Crippen molar-refractivity contribution in [3.05, 3.63) is 65.5 Å². The molecule has 0 aliphatic carbocycles. The van der Waals surface area contributed by atoms with Crippen molar-refractivity contribution in [1.82, 2.24) is 0 Å². The molecule has 2 aromatic carbocycles. The summed E-state index contributed by atoms with van der Waals surface area (Å²) in [6.45, 7) is 0. The fourth-order valence-electron chi connectivity index (χ4n) is 1.71. The van der Waals surface area contributed by atoms with Crippen LogP contribution < -0.4 is 5.30 Å². The molecule has 4 heteroatoms. The second-order valence-electron chi connectivity index (χ2n) is 3.64. The van der Waals surface area contributed by atoms with Gasteiger partial charge in [-0.15, -0.1) is 0 Å². The molecule has 2 aromatic rings. The van der Waals surface area contributed by atoms with Crippen LogP contribution in [0.25, 0.3) is 0 Å². The summed E-state index contributed by atoms with van der Waals surface area (Å²) in [6, 6.07) is 15.3. The Morgan fingerprint density at radius 3 is 2.29 bits per heavy atom. The number of hydrogen-bond acceptors (Lipinski definition) is 0. The van der Waals surface area contributed by atoms with Gasteiger partial charge in [0.2, 0.25) is 0 Å². The predicted molar refractivity (Wildman–Crippen MR) is 80.1 cm³/mol. The van der Waals surface area contributed by atoms with Gasteiger partial charge < -0.3 is 0 Å². The van der Waals surface area contributed by atoms with Gasteiger partial charge >= 0.3 is 0 Å². The summed E-state index contributed by atoms with van der Waals surface area (Å²) < 4.78 is 13.8. The SMILES string of the molecule is Fc1cccc(Cc2ccccc2)c1P(Br)Br. The molecule has 0 saturated carbocycles. The lowest BCUT2D eigenvalue weighted by Gasteiger charge is -2.11. The monoisotopic (exact) mass is 374 g/mol. The van der Waals surface area contributed by atoms with Gasteiger partial charge in [-0.05, 0) is 54.6 Å². The largest absolute Gasteiger partial charge is 0.206 e. The standard InChI is InChI=1S/C13H10Br2FP/c14-17(15)13-11(7-4-8-12(13)16)9-10-5-2-1-3-6-10/h1-8H,9H2. The highest BCUT2D eigenvalue weighted by molar-refractivity contribution is 9.70. The van der Waals surface area contributed by atoms with Crippen LogP contribution in [-0.2, 0) is 6.42 Å². The van der Waals surface area contributed by atoms with E-state index in [1.807, 2.05) is 24.3 Å². The van der Waals surface area contributed by atoms with Crippen molar-refractivity contribution in [3.8, 4) is 0 Å². The van der Waals surface area contributed by atoms with Gasteiger partial charge in [-0.25, -0.2) is 4.39 Å². The molecule has 0 N–H and O–H groups in total. The molecular weight excluding hydrogens is 366 g/mol. The second-order valence-corrected chi connectivity index (χ2v) is 11.7. The van der Waals surface area contributed by atoms with E-state index in [9.17, 15) is 4.39 Å². The van der Waals surface area contributed by atoms with Gasteiger partial charge in [-0.2, -0.15) is 0 Å². The lowest BCUT2D eigenvalue weighted by Crippen LogP contribution is -2.10. The molecule has 0 saturated heterocycles. The molecule has 0 aliphatic heterocycles. The molecule has 0 nitrogen and oxygen atoms in total. The summed E-state index contributed by atoms with van der Waals surface area (Å²) in [5.74, 6) is -0.154. The highest BCUT2D eigenvalue weighted by Gasteiger charge is 2.14. The average molecular weight is 376 g/mol. The van der Waals surface area contributed by atoms with Gasteiger partial charge in [-0.3, -0.25) is 0 Å². The Bertz CT molecular complexity index is 500. The molecule has 88 valence electrons. The maximum absolute atomic E-state index is 13.8. The van der Waals surface area contributed by atoms with E-state index in [0.29, 0.717) is 0 Å². The molecule has 2 rings (SSSR count). The molecular formula is C13H10Br2FP. The van der Waals surface area contributed by atoms with Crippen molar-refractivity contribution in [3.63, 3.8) is 0 Å². The maximum Gasteiger partial charge on any atom is 0.132 e. The van der Waals surface area contributed by atoms with E-state index in [2.05, 4.69) is 43.1 Å². The molecule has 0 radical (unpaired) electrons. The third kappa shape index (κ3) is 3.37. The second kappa shape index (κ2) is 6.08. The van der Waals surface area contributed by atoms with Crippen molar-refractivity contribution in [2.45, 2.75) is 6.42 Å². The molecule has 0 bridgehead atoms. The van der Waals surface area contributed by atoms with E-state index in [0.717, 1.165) is 17.3 Å². The summed E-state index contributed by atoms with van der Waals surface area (Å²) in [5.41, 5.74) is 2.22. The Balaban J connectivity index is 2.36. The lowest BCUT2D eigenvalue weighted by molar-refractivity contribution is 0.635. The van der Waals surface area contributed by atoms with Crippen molar-refractivity contribution >= 4 is 41.6 Å². The molecule has 0 heterocycles. The van der Waals surface area contributed by atoms with Crippen LogP contribution in [0.5, 0.6) is 0 Å². The highest BCUT2D eigenvalue weighted by Crippen LogP contribution is 2.52. The summed E-state index contributed by atoms with van der Waals surface area (Å²) in [4.78, 5) is 0. The van der Waals surface area contributed by atoms with Gasteiger partial charge in [0.15, 0.2) is 0 Å². The first kappa shape index (κ1) is 13.2. The molecule has 0 aliphatic rings. The van der Waals surface area contributed by atoms with E-state index in [-0.39, 0.29) is 5.82 Å². The van der Waals surface area contributed by atoms with E-state index < -0.39 is 5.33 Å². The van der Waals surface area contributed by atoms with Gasteiger partial charge in [0.1, 0.15) is 5.82 Å². The van der Waals surface area contributed by atoms with Crippen molar-refractivity contribution < 1.29 is 4.39 Å². The van der Waals surface area contributed by atoms with Gasteiger partial charge in [-0.1, -0.05) is 42.5 Å². The van der Waals surface area contributed by atoms with Crippen LogP contribution in [0.1, 0.15) is 11.1 Å². The van der Waals surface area contributed by atoms with Gasteiger partial charge in [0.25, 0.3) is 0 Å². The van der Waals surface area contributed by atoms with Crippen LogP contribution in [0.15, 0.2) is 48.5 Å². The summed E-state index contributed by atoms with van der Waals surface area (Å²) in [6.07, 6.45) is 0.754. The van der Waals surface area contributed by atoms with Gasteiger partial charge in [0.05, 0.1) is 5.33 Å². The number of benzene rings is 2. The molecule has 0 amide bonds. The molecule has 0 aromatic heterocycles. The summed E-state index contributed by atoms with van der Waals surface area (Å²) in [7, 11) is 0. The van der Waals surface area contributed by atoms with Crippen LogP contribution in [-0.4, -0.2) is 0 Å². The number of hydrogen-bond donors (Lipinski definition) is 0. The number of rotatable bonds is 3. The zero-order valence-corrected chi connectivity index (χ0v) is 13.0. The Morgan fingerprint density at radius 1 is 0.941 bits per heavy atom. The van der Waals surface area contributed by atoms with Gasteiger partial charge in [0, 0.05) is 5.30 Å². The summed E-state index contributed by atoms with van der Waals surface area (Å²) in [5, 5.41) is -0.0414. The third-order valence-corrected chi connectivity index (χ3v) is 5.44. The van der Waals surface area contributed by atoms with E-state index in [1.165, 1.54) is 11.6 Å². The molecule has 0 unspecified atom stereocenters. The first-order valence-electron chi connectivity index (χ1n) is 5.11. The van der Waals surface area contributed by atoms with Crippen LogP contribution in [0.2, 0.25) is 0 Å². The normalized spacial score (nSPS) is 10.8. The van der Waals surface area contributed by atoms with Crippen LogP contribution >= 0.6 is 36.3 Å². The minimum absolute atomic E-state index is 0.154. The predicted octanol–water partition coefficient (Wildman–Crippen LogP) is 5.14. The Hall–Kier alpha value is -0.240. The Kier molecular flexibility index (Phi) is 4.72. The maximum atomic E-state index is 13.8. The zero-order valence-electron chi connectivity index (χ0n) is 8.91. The topological polar surface area (TPSA) is 0 Å². The molecule has 0 spiro atoms. The fraction of sp³-hybridized carbons (Fsp3) is 0.0769. The minimum Gasteiger partial charge on any atom is -0.206 e. The first-order valence-corrected chi connectivity index (χ1v) is 10.5. The minimum atomic E-state index is -0.783. The average Bonchev–Trinajstić information content (AvgIpc) is 2.30. The van der Waals surface area contributed by atoms with Crippen LogP contribution in [0.4, 0.5) is 4.39 Å². The lowest BCUT2D eigenvalue weighted by atomic mass is 10.1. The Morgan fingerprint density at radius 2 is 1.65 bits per heavy atom. The highest BCUT2D eigenvalue weighted by atomic mass is 79.9. The Labute approximate surface area is 117 Å². The zero-order chi connectivity index (χ0) is 12.3. The van der Waals surface area contributed by atoms with E-state index in [1.54, 1.807) is 6.07 Å². The smallest absolute Gasteiger partial charge is 0.132 e. The fourth-order valence-corrected chi connectivity index (χ4v) is 4.70. The third-order valence-electron chi connectivity index (χ3n) is 2.48. The van der Waals surface area contributed by atoms with Crippen LogP contribution in [0.3, 0.4) is 0 Å². The molecule has 0 fully saturated rings. The summed E-state index contributed by atoms with van der Waals surface area (Å²) >= 11 is 6.88. The van der Waals surface area contributed by atoms with Crippen molar-refractivity contribution in [1.29, 1.82) is 0 Å². The molecule has 0 atom stereocenters. The first-order chi connectivity index (χ1) is 8.18. The van der Waals surface area contributed by atoms with Crippen LogP contribution in [0, 0.1) is 5.82 Å². The van der Waals surface area contributed by atoms with Crippen molar-refractivity contribution in [2.24, 2.45) is 0 Å². The molecule has 17 heavy (non-hydrogen) atoms. The van der Waals surface area contributed by atoms with Crippen molar-refractivity contribution in [2.75, 3.05) is 0 Å². The van der Waals surface area contributed by atoms with E-state index in [4.69, 9.17) is 0 Å².